The molecule has 5 nitrogen and oxygen atoms in total. The van der Waals surface area contributed by atoms with E-state index >= 15 is 0 Å². The Labute approximate surface area is 79.5 Å². The number of fused-ring (bicyclic) bond motifs is 1. The summed E-state index contributed by atoms with van der Waals surface area (Å²) >= 11 is 0. The fourth-order valence-electron chi connectivity index (χ4n) is 0.946. The summed E-state index contributed by atoms with van der Waals surface area (Å²) in [5, 5.41) is 8.59. The first kappa shape index (κ1) is 9.47. The third kappa shape index (κ3) is 1.59. The lowest BCUT2D eigenvalue weighted by atomic mass is 10.5. The predicted molar refractivity (Wildman–Crippen MR) is 47.2 cm³/mol. The van der Waals surface area contributed by atoms with Crippen molar-refractivity contribution < 1.29 is 9.90 Å². The molecule has 0 aliphatic carbocycles. The molecule has 0 unspecified atom stereocenters. The molecule has 0 spiro atoms. The quantitative estimate of drug-likeness (QED) is 0.740. The Kier molecular flexibility index (Phi) is 2.48. The number of carboxylic acid groups (broad SMARTS) is 1. The molecular formula is C7H6ClN3O2. The second kappa shape index (κ2) is 3.40. The van der Waals surface area contributed by atoms with Crippen molar-refractivity contribution in [1.29, 1.82) is 0 Å². The van der Waals surface area contributed by atoms with E-state index in [1.807, 2.05) is 0 Å². The van der Waals surface area contributed by atoms with Crippen LogP contribution in [-0.2, 0) is 0 Å². The van der Waals surface area contributed by atoms with Crippen molar-refractivity contribution in [3.8, 4) is 0 Å². The average molecular weight is 200 g/mol. The van der Waals surface area contributed by atoms with E-state index in [1.165, 1.54) is 12.4 Å². The number of aromatic carboxylic acids is 1. The topological polar surface area (TPSA) is 67.5 Å². The van der Waals surface area contributed by atoms with Crippen LogP contribution in [0.25, 0.3) is 5.65 Å². The molecule has 0 amide bonds. The molecule has 0 aliphatic rings. The Hall–Kier alpha value is -1.62. The number of carbonyl (C=O) groups is 1. The highest BCUT2D eigenvalue weighted by Crippen LogP contribution is 2.01. The normalized spacial score (nSPS) is 9.54. The Morgan fingerprint density at radius 1 is 1.54 bits per heavy atom. The summed E-state index contributed by atoms with van der Waals surface area (Å²) in [6, 6.07) is 0. The zero-order valence-corrected chi connectivity index (χ0v) is 7.23. The maximum Gasteiger partial charge on any atom is 0.356 e. The molecule has 0 saturated heterocycles. The Morgan fingerprint density at radius 2 is 2.31 bits per heavy atom. The number of hydrogen-bond acceptors (Lipinski definition) is 3. The van der Waals surface area contributed by atoms with Crippen molar-refractivity contribution in [2.75, 3.05) is 0 Å². The largest absolute Gasteiger partial charge is 0.476 e. The minimum atomic E-state index is -1.03. The first-order chi connectivity index (χ1) is 5.77. The lowest BCUT2D eigenvalue weighted by Crippen LogP contribution is -1.94. The average Bonchev–Trinajstić information content (AvgIpc) is 2.46. The van der Waals surface area contributed by atoms with Gasteiger partial charge in [-0.1, -0.05) is 0 Å². The molecule has 0 fully saturated rings. The highest BCUT2D eigenvalue weighted by molar-refractivity contribution is 5.86. The van der Waals surface area contributed by atoms with E-state index in [4.69, 9.17) is 5.11 Å². The van der Waals surface area contributed by atoms with Crippen molar-refractivity contribution in [3.63, 3.8) is 0 Å². The van der Waals surface area contributed by atoms with Crippen molar-refractivity contribution in [2.24, 2.45) is 0 Å². The monoisotopic (exact) mass is 199 g/mol. The molecular weight excluding hydrogens is 194 g/mol. The first-order valence-corrected chi connectivity index (χ1v) is 3.29. The fraction of sp³-hybridized carbons (Fsp3) is 0. The molecule has 0 bridgehead atoms. The van der Waals surface area contributed by atoms with Crippen molar-refractivity contribution in [3.05, 3.63) is 30.5 Å². The lowest BCUT2D eigenvalue weighted by molar-refractivity contribution is 0.0691. The van der Waals surface area contributed by atoms with Crippen LogP contribution >= 0.6 is 12.4 Å². The highest BCUT2D eigenvalue weighted by atomic mass is 35.5. The molecule has 6 heteroatoms. The fourth-order valence-corrected chi connectivity index (χ4v) is 0.946. The molecule has 1 N–H and O–H groups in total. The van der Waals surface area contributed by atoms with Crippen LogP contribution in [0.2, 0.25) is 0 Å². The summed E-state index contributed by atoms with van der Waals surface area (Å²) in [4.78, 5) is 18.1. The van der Waals surface area contributed by atoms with Gasteiger partial charge < -0.3 is 9.51 Å². The molecule has 0 saturated carbocycles. The van der Waals surface area contributed by atoms with Crippen LogP contribution in [0.1, 0.15) is 10.5 Å². The van der Waals surface area contributed by atoms with Crippen molar-refractivity contribution in [2.45, 2.75) is 0 Å². The van der Waals surface area contributed by atoms with Crippen LogP contribution in [0.4, 0.5) is 0 Å². The maximum absolute atomic E-state index is 10.5. The van der Waals surface area contributed by atoms with Crippen LogP contribution in [0.15, 0.2) is 24.8 Å². The van der Waals surface area contributed by atoms with Gasteiger partial charge in [0.05, 0.1) is 6.20 Å². The zero-order valence-electron chi connectivity index (χ0n) is 6.41. The van der Waals surface area contributed by atoms with E-state index < -0.39 is 5.97 Å². The van der Waals surface area contributed by atoms with Gasteiger partial charge in [-0.25, -0.2) is 9.78 Å². The molecule has 13 heavy (non-hydrogen) atoms. The van der Waals surface area contributed by atoms with E-state index in [-0.39, 0.29) is 18.1 Å². The molecule has 68 valence electrons. The van der Waals surface area contributed by atoms with Gasteiger partial charge in [-0.2, -0.15) is 0 Å². The summed E-state index contributed by atoms with van der Waals surface area (Å²) in [5.74, 6) is -1.03. The zero-order chi connectivity index (χ0) is 8.55. The van der Waals surface area contributed by atoms with Crippen molar-refractivity contribution in [1.82, 2.24) is 14.4 Å². The SMILES string of the molecule is Cl.O=C(O)c1cn2ccncc2n1. The second-order valence-corrected chi connectivity index (χ2v) is 2.27. The molecule has 2 rings (SSSR count). The number of carboxylic acids is 1. The minimum absolute atomic E-state index is 0. The maximum atomic E-state index is 10.5. The first-order valence-electron chi connectivity index (χ1n) is 3.29. The van der Waals surface area contributed by atoms with Gasteiger partial charge >= 0.3 is 5.97 Å². The number of halogens is 1. The Morgan fingerprint density at radius 3 is 2.92 bits per heavy atom. The predicted octanol–water partition coefficient (Wildman–Crippen LogP) is 0.849. The van der Waals surface area contributed by atoms with Gasteiger partial charge in [-0.05, 0) is 0 Å². The van der Waals surface area contributed by atoms with Gasteiger partial charge in [0.2, 0.25) is 0 Å². The minimum Gasteiger partial charge on any atom is -0.476 e. The van der Waals surface area contributed by atoms with E-state index in [9.17, 15) is 4.79 Å². The number of aromatic nitrogens is 3. The summed E-state index contributed by atoms with van der Waals surface area (Å²) in [6.07, 6.45) is 6.17. The van der Waals surface area contributed by atoms with Gasteiger partial charge in [0.1, 0.15) is 0 Å². The summed E-state index contributed by atoms with van der Waals surface area (Å²) in [5.41, 5.74) is 0.568. The summed E-state index contributed by atoms with van der Waals surface area (Å²) in [7, 11) is 0. The van der Waals surface area contributed by atoms with Gasteiger partial charge in [0, 0.05) is 18.6 Å². The van der Waals surface area contributed by atoms with E-state index in [1.54, 1.807) is 16.8 Å². The summed E-state index contributed by atoms with van der Waals surface area (Å²) in [6.45, 7) is 0. The lowest BCUT2D eigenvalue weighted by Gasteiger charge is -1.85. The van der Waals surface area contributed by atoms with Crippen LogP contribution in [0, 0.1) is 0 Å². The highest BCUT2D eigenvalue weighted by Gasteiger charge is 2.07. The molecule has 2 aromatic rings. The molecule has 0 radical (unpaired) electrons. The second-order valence-electron chi connectivity index (χ2n) is 2.27. The van der Waals surface area contributed by atoms with E-state index in [2.05, 4.69) is 9.97 Å². The number of rotatable bonds is 1. The standard InChI is InChI=1S/C7H5N3O2.ClH/c11-7(12)5-4-10-2-1-8-3-6(10)9-5;/h1-4H,(H,11,12);1H. The van der Waals surface area contributed by atoms with E-state index in [0.29, 0.717) is 5.65 Å². The van der Waals surface area contributed by atoms with Crippen LogP contribution in [0.5, 0.6) is 0 Å². The number of hydrogen-bond donors (Lipinski definition) is 1. The van der Waals surface area contributed by atoms with Crippen LogP contribution in [-0.4, -0.2) is 25.4 Å². The third-order valence-electron chi connectivity index (χ3n) is 1.48. The van der Waals surface area contributed by atoms with E-state index in [0.717, 1.165) is 0 Å². The number of imidazole rings is 1. The van der Waals surface area contributed by atoms with Gasteiger partial charge in [0.25, 0.3) is 0 Å². The third-order valence-corrected chi connectivity index (χ3v) is 1.48. The Balaban J connectivity index is 0.000000845. The van der Waals surface area contributed by atoms with Gasteiger partial charge in [-0.3, -0.25) is 4.98 Å². The molecule has 0 atom stereocenters. The molecule has 2 aromatic heterocycles. The molecule has 2 heterocycles. The summed E-state index contributed by atoms with van der Waals surface area (Å²) < 4.78 is 1.61. The van der Waals surface area contributed by atoms with Gasteiger partial charge in [-0.15, -0.1) is 12.4 Å². The van der Waals surface area contributed by atoms with Crippen LogP contribution < -0.4 is 0 Å². The smallest absolute Gasteiger partial charge is 0.356 e. The van der Waals surface area contributed by atoms with Crippen LogP contribution in [0.3, 0.4) is 0 Å². The van der Waals surface area contributed by atoms with Crippen molar-refractivity contribution >= 4 is 24.0 Å². The molecule has 0 aromatic carbocycles. The van der Waals surface area contributed by atoms with Gasteiger partial charge in [0.15, 0.2) is 11.3 Å². The molecule has 0 aliphatic heterocycles. The number of nitrogens with zero attached hydrogens (tertiary/aromatic N) is 3. The Bertz CT molecular complexity index is 407.